The van der Waals surface area contributed by atoms with Crippen LogP contribution in [0.25, 0.3) is 10.6 Å². The van der Waals surface area contributed by atoms with E-state index in [9.17, 15) is 0 Å². The molecule has 2 aromatic heterocycles. The fourth-order valence-electron chi connectivity index (χ4n) is 2.24. The van der Waals surface area contributed by atoms with Crippen molar-refractivity contribution in [1.29, 1.82) is 0 Å². The molecule has 0 bridgehead atoms. The summed E-state index contributed by atoms with van der Waals surface area (Å²) in [7, 11) is 0. The van der Waals surface area contributed by atoms with E-state index in [0.717, 1.165) is 50.9 Å². The standard InChI is InChI=1S/C15H14ClN5S2/c16-11-5-3-10(4-6-11)14-18-12(7-22-14)8-23-15-20-19-13(21(15)17)9-1-2-9/h3-7,9H,1-2,8,17H2. The maximum Gasteiger partial charge on any atom is 0.210 e. The number of hydrogen-bond donors (Lipinski definition) is 1. The lowest BCUT2D eigenvalue weighted by Crippen LogP contribution is -2.13. The average molecular weight is 364 g/mol. The normalized spacial score (nSPS) is 14.3. The number of hydrogen-bond acceptors (Lipinski definition) is 6. The van der Waals surface area contributed by atoms with Crippen molar-refractivity contribution in [3.05, 3.63) is 46.2 Å². The number of nitrogens with two attached hydrogens (primary N) is 1. The third kappa shape index (κ3) is 3.22. The Morgan fingerprint density at radius 3 is 2.78 bits per heavy atom. The van der Waals surface area contributed by atoms with E-state index < -0.39 is 0 Å². The molecular formula is C15H14ClN5S2. The average Bonchev–Trinajstić information content (AvgIpc) is 3.17. The van der Waals surface area contributed by atoms with Crippen LogP contribution in [-0.2, 0) is 5.75 Å². The first kappa shape index (κ1) is 15.0. The first-order chi connectivity index (χ1) is 11.2. The fourth-order valence-corrected chi connectivity index (χ4v) is 4.06. The Kier molecular flexibility index (Phi) is 4.00. The molecule has 1 fully saturated rings. The smallest absolute Gasteiger partial charge is 0.210 e. The second-order valence-corrected chi connectivity index (χ2v) is 7.66. The Morgan fingerprint density at radius 2 is 2.04 bits per heavy atom. The van der Waals surface area contributed by atoms with Gasteiger partial charge in [-0.3, -0.25) is 0 Å². The molecular weight excluding hydrogens is 350 g/mol. The van der Waals surface area contributed by atoms with Gasteiger partial charge in [-0.25, -0.2) is 9.66 Å². The van der Waals surface area contributed by atoms with Crippen molar-refractivity contribution in [2.45, 2.75) is 29.7 Å². The highest BCUT2D eigenvalue weighted by atomic mass is 35.5. The van der Waals surface area contributed by atoms with Crippen molar-refractivity contribution in [2.24, 2.45) is 0 Å². The summed E-state index contributed by atoms with van der Waals surface area (Å²) in [6.45, 7) is 0. The van der Waals surface area contributed by atoms with Crippen molar-refractivity contribution >= 4 is 34.7 Å². The number of halogens is 1. The number of thioether (sulfide) groups is 1. The quantitative estimate of drug-likeness (QED) is 0.549. The van der Waals surface area contributed by atoms with Gasteiger partial charge in [-0.2, -0.15) is 0 Å². The van der Waals surface area contributed by atoms with Crippen LogP contribution in [0.1, 0.15) is 30.3 Å². The highest BCUT2D eigenvalue weighted by Gasteiger charge is 2.29. The third-order valence-corrected chi connectivity index (χ3v) is 5.79. The number of nitrogen functional groups attached to an aromatic ring is 1. The van der Waals surface area contributed by atoms with Crippen LogP contribution in [0.5, 0.6) is 0 Å². The largest absolute Gasteiger partial charge is 0.336 e. The topological polar surface area (TPSA) is 69.6 Å². The van der Waals surface area contributed by atoms with Gasteiger partial charge in [0.2, 0.25) is 5.16 Å². The molecule has 2 heterocycles. The van der Waals surface area contributed by atoms with Crippen molar-refractivity contribution in [3.8, 4) is 10.6 Å². The van der Waals surface area contributed by atoms with Gasteiger partial charge in [0.25, 0.3) is 0 Å². The van der Waals surface area contributed by atoms with Crippen LogP contribution >= 0.6 is 34.7 Å². The van der Waals surface area contributed by atoms with Crippen molar-refractivity contribution in [3.63, 3.8) is 0 Å². The number of benzene rings is 1. The molecule has 1 aliphatic carbocycles. The Hall–Kier alpha value is -1.57. The molecule has 1 aromatic carbocycles. The number of rotatable bonds is 5. The lowest BCUT2D eigenvalue weighted by molar-refractivity contribution is 0.790. The molecule has 5 nitrogen and oxygen atoms in total. The highest BCUT2D eigenvalue weighted by Crippen LogP contribution is 2.39. The zero-order valence-electron chi connectivity index (χ0n) is 12.1. The van der Waals surface area contributed by atoms with Crippen LogP contribution in [0.3, 0.4) is 0 Å². The molecule has 0 amide bonds. The monoisotopic (exact) mass is 363 g/mol. The minimum Gasteiger partial charge on any atom is -0.336 e. The maximum absolute atomic E-state index is 6.06. The highest BCUT2D eigenvalue weighted by molar-refractivity contribution is 7.98. The molecule has 0 spiro atoms. The van der Waals surface area contributed by atoms with Gasteiger partial charge in [0.1, 0.15) is 5.01 Å². The molecule has 1 aliphatic rings. The molecule has 0 atom stereocenters. The zero-order valence-corrected chi connectivity index (χ0v) is 14.5. The Bertz CT molecular complexity index is 823. The first-order valence-electron chi connectivity index (χ1n) is 7.24. The summed E-state index contributed by atoms with van der Waals surface area (Å²) < 4.78 is 1.62. The van der Waals surface area contributed by atoms with Crippen molar-refractivity contribution in [1.82, 2.24) is 19.9 Å². The van der Waals surface area contributed by atoms with Crippen molar-refractivity contribution < 1.29 is 0 Å². The SMILES string of the molecule is Nn1c(SCc2csc(-c3ccc(Cl)cc3)n2)nnc1C1CC1. The van der Waals surface area contributed by atoms with Gasteiger partial charge in [0.15, 0.2) is 5.82 Å². The molecule has 0 radical (unpaired) electrons. The van der Waals surface area contributed by atoms with Crippen LogP contribution in [0.2, 0.25) is 5.02 Å². The summed E-state index contributed by atoms with van der Waals surface area (Å²) in [6, 6.07) is 7.72. The van der Waals surface area contributed by atoms with E-state index in [1.54, 1.807) is 27.8 Å². The van der Waals surface area contributed by atoms with E-state index in [1.165, 1.54) is 0 Å². The predicted octanol–water partition coefficient (Wildman–Crippen LogP) is 3.94. The maximum atomic E-state index is 6.06. The number of thiazole rings is 1. The Morgan fingerprint density at radius 1 is 1.26 bits per heavy atom. The van der Waals surface area contributed by atoms with Crippen LogP contribution in [-0.4, -0.2) is 19.9 Å². The summed E-state index contributed by atoms with van der Waals surface area (Å²) in [5.74, 6) is 8.18. The summed E-state index contributed by atoms with van der Waals surface area (Å²) >= 11 is 9.11. The van der Waals surface area contributed by atoms with Gasteiger partial charge in [0.05, 0.1) is 5.69 Å². The lowest BCUT2D eigenvalue weighted by Gasteiger charge is -2.01. The third-order valence-electron chi connectivity index (χ3n) is 3.63. The van der Waals surface area contributed by atoms with Crippen LogP contribution in [0, 0.1) is 0 Å². The Balaban J connectivity index is 1.44. The number of nitrogens with zero attached hydrogens (tertiary/aromatic N) is 4. The summed E-state index contributed by atoms with van der Waals surface area (Å²) in [4.78, 5) is 4.67. The second kappa shape index (κ2) is 6.14. The van der Waals surface area contributed by atoms with Crippen LogP contribution in [0.15, 0.2) is 34.8 Å². The van der Waals surface area contributed by atoms with Crippen LogP contribution < -0.4 is 5.84 Å². The molecule has 0 aliphatic heterocycles. The van der Waals surface area contributed by atoms with Gasteiger partial charge in [-0.05, 0) is 25.0 Å². The van der Waals surface area contributed by atoms with E-state index in [-0.39, 0.29) is 0 Å². The zero-order chi connectivity index (χ0) is 15.8. The molecule has 4 rings (SSSR count). The summed E-state index contributed by atoms with van der Waals surface area (Å²) in [6.07, 6.45) is 2.33. The van der Waals surface area contributed by atoms with E-state index >= 15 is 0 Å². The molecule has 0 saturated heterocycles. The summed E-state index contributed by atoms with van der Waals surface area (Å²) in [5.41, 5.74) is 2.09. The predicted molar refractivity (Wildman–Crippen MR) is 94.3 cm³/mol. The fraction of sp³-hybridized carbons (Fsp3) is 0.267. The molecule has 118 valence electrons. The minimum absolute atomic E-state index is 0.498. The van der Waals surface area contributed by atoms with Gasteiger partial charge < -0.3 is 5.84 Å². The lowest BCUT2D eigenvalue weighted by atomic mass is 10.2. The summed E-state index contributed by atoms with van der Waals surface area (Å²) in [5, 5.41) is 12.9. The van der Waals surface area contributed by atoms with E-state index in [1.807, 2.05) is 24.3 Å². The van der Waals surface area contributed by atoms with E-state index in [0.29, 0.717) is 5.92 Å². The van der Waals surface area contributed by atoms with Gasteiger partial charge >= 0.3 is 0 Å². The van der Waals surface area contributed by atoms with E-state index in [4.69, 9.17) is 17.4 Å². The molecule has 23 heavy (non-hydrogen) atoms. The molecule has 2 N–H and O–H groups in total. The van der Waals surface area contributed by atoms with Crippen molar-refractivity contribution in [2.75, 3.05) is 5.84 Å². The van der Waals surface area contributed by atoms with Gasteiger partial charge in [0, 0.05) is 27.6 Å². The second-order valence-electron chi connectivity index (χ2n) is 5.42. The molecule has 8 heteroatoms. The molecule has 0 unspecified atom stereocenters. The van der Waals surface area contributed by atoms with Crippen LogP contribution in [0.4, 0.5) is 0 Å². The Labute approximate surface area is 146 Å². The molecule has 3 aromatic rings. The van der Waals surface area contributed by atoms with Gasteiger partial charge in [-0.15, -0.1) is 21.5 Å². The van der Waals surface area contributed by atoms with Gasteiger partial charge in [-0.1, -0.05) is 35.5 Å². The molecule has 1 saturated carbocycles. The first-order valence-corrected chi connectivity index (χ1v) is 9.48. The van der Waals surface area contributed by atoms with E-state index in [2.05, 4.69) is 20.6 Å². The minimum atomic E-state index is 0.498. The number of aromatic nitrogens is 4.